The van der Waals surface area contributed by atoms with Gasteiger partial charge in [-0.25, -0.2) is 0 Å². The molecule has 0 fully saturated rings. The molecule has 0 atom stereocenters. The summed E-state index contributed by atoms with van der Waals surface area (Å²) in [6, 6.07) is 2.02. The highest BCUT2D eigenvalue weighted by molar-refractivity contribution is 14.1. The van der Waals surface area contributed by atoms with Gasteiger partial charge in [-0.15, -0.1) is 10.2 Å². The topological polar surface area (TPSA) is 30.2 Å². The van der Waals surface area contributed by atoms with Crippen molar-refractivity contribution in [3.05, 3.63) is 26.1 Å². The zero-order valence-corrected chi connectivity index (χ0v) is 10.00. The van der Waals surface area contributed by atoms with Crippen molar-refractivity contribution in [3.8, 4) is 0 Å². The third-order valence-corrected chi connectivity index (χ3v) is 2.82. The van der Waals surface area contributed by atoms with Crippen LogP contribution in [0.4, 0.5) is 0 Å². The largest absolute Gasteiger partial charge is 0.285 e. The Morgan fingerprint density at radius 1 is 1.50 bits per heavy atom. The van der Waals surface area contributed by atoms with Crippen LogP contribution in [0.3, 0.4) is 0 Å². The summed E-state index contributed by atoms with van der Waals surface area (Å²) >= 11 is 5.66. The molecule has 3 nitrogen and oxygen atoms in total. The van der Waals surface area contributed by atoms with Gasteiger partial charge in [-0.2, -0.15) is 0 Å². The number of aromatic nitrogens is 3. The summed E-state index contributed by atoms with van der Waals surface area (Å²) in [7, 11) is 0. The monoisotopic (exact) mass is 337 g/mol. The maximum atomic E-state index is 4.04. The Bertz CT molecular complexity index is 437. The van der Waals surface area contributed by atoms with Gasteiger partial charge in [0.05, 0.1) is 3.57 Å². The molecule has 12 heavy (non-hydrogen) atoms. The van der Waals surface area contributed by atoms with Crippen molar-refractivity contribution in [2.75, 3.05) is 0 Å². The summed E-state index contributed by atoms with van der Waals surface area (Å²) in [5, 5.41) is 8.03. The fourth-order valence-corrected chi connectivity index (χ4v) is 2.60. The number of nitrogens with zero attached hydrogens (tertiary/aromatic N) is 3. The minimum Gasteiger partial charge on any atom is -0.285 e. The third-order valence-electron chi connectivity index (χ3n) is 1.60. The molecule has 5 heteroatoms. The summed E-state index contributed by atoms with van der Waals surface area (Å²) < 4.78 is 4.11. The second-order valence-electron chi connectivity index (χ2n) is 2.45. The Morgan fingerprint density at radius 2 is 2.25 bits per heavy atom. The minimum absolute atomic E-state index is 0.907. The van der Waals surface area contributed by atoms with E-state index in [4.69, 9.17) is 0 Å². The Hall–Kier alpha value is -0.170. The van der Waals surface area contributed by atoms with Crippen LogP contribution < -0.4 is 0 Å². The first-order valence-corrected chi connectivity index (χ1v) is 5.22. The number of hydrogen-bond acceptors (Lipinski definition) is 2. The molecule has 62 valence electrons. The number of aryl methyl sites for hydroxylation is 1. The van der Waals surface area contributed by atoms with Gasteiger partial charge in [-0.1, -0.05) is 0 Å². The lowest BCUT2D eigenvalue weighted by molar-refractivity contribution is 1.00. The van der Waals surface area contributed by atoms with E-state index in [0.717, 1.165) is 19.5 Å². The first-order valence-electron chi connectivity index (χ1n) is 3.35. The first-order chi connectivity index (χ1) is 5.68. The van der Waals surface area contributed by atoms with Crippen LogP contribution in [-0.4, -0.2) is 14.6 Å². The van der Waals surface area contributed by atoms with Crippen LogP contribution >= 0.6 is 38.5 Å². The van der Waals surface area contributed by atoms with Gasteiger partial charge < -0.3 is 0 Å². The van der Waals surface area contributed by atoms with Crippen LogP contribution in [0.25, 0.3) is 5.65 Å². The highest BCUT2D eigenvalue weighted by Gasteiger charge is 2.04. The molecule has 0 aliphatic carbocycles. The van der Waals surface area contributed by atoms with Gasteiger partial charge in [-0.3, -0.25) is 4.40 Å². The fraction of sp³-hybridized carbons (Fsp3) is 0.143. The number of pyridine rings is 1. The van der Waals surface area contributed by atoms with Crippen LogP contribution in [0.1, 0.15) is 5.82 Å². The quantitative estimate of drug-likeness (QED) is 0.691. The van der Waals surface area contributed by atoms with E-state index in [0.29, 0.717) is 0 Å². The smallest absolute Gasteiger partial charge is 0.174 e. The van der Waals surface area contributed by atoms with E-state index in [1.807, 2.05) is 23.6 Å². The van der Waals surface area contributed by atoms with Crippen molar-refractivity contribution >= 4 is 44.2 Å². The molecule has 0 bridgehead atoms. The van der Waals surface area contributed by atoms with Crippen LogP contribution in [0, 0.1) is 10.5 Å². The Kier molecular flexibility index (Phi) is 2.07. The van der Waals surface area contributed by atoms with Crippen LogP contribution in [0.2, 0.25) is 0 Å². The van der Waals surface area contributed by atoms with E-state index >= 15 is 0 Å². The summed E-state index contributed by atoms with van der Waals surface area (Å²) in [5.41, 5.74) is 0.913. The SMILES string of the molecule is Cc1nnc2c(I)cc(Br)cn12. The molecule has 0 saturated heterocycles. The molecule has 2 rings (SSSR count). The van der Waals surface area contributed by atoms with E-state index in [1.165, 1.54) is 0 Å². The van der Waals surface area contributed by atoms with Crippen molar-refractivity contribution in [3.63, 3.8) is 0 Å². The molecule has 0 aliphatic rings. The van der Waals surface area contributed by atoms with E-state index < -0.39 is 0 Å². The second kappa shape index (κ2) is 2.95. The maximum Gasteiger partial charge on any atom is 0.174 e. The van der Waals surface area contributed by atoms with Crippen molar-refractivity contribution in [2.24, 2.45) is 0 Å². The van der Waals surface area contributed by atoms with Crippen molar-refractivity contribution in [1.29, 1.82) is 0 Å². The highest BCUT2D eigenvalue weighted by atomic mass is 127. The van der Waals surface area contributed by atoms with Gasteiger partial charge in [0.1, 0.15) is 5.82 Å². The normalized spacial score (nSPS) is 10.9. The van der Waals surface area contributed by atoms with Crippen molar-refractivity contribution in [2.45, 2.75) is 6.92 Å². The average molecular weight is 338 g/mol. The summed E-state index contributed by atoms with van der Waals surface area (Å²) in [5.74, 6) is 0.907. The Labute approximate surface area is 91.5 Å². The molecular weight excluding hydrogens is 333 g/mol. The summed E-state index contributed by atoms with van der Waals surface area (Å²) in [4.78, 5) is 0. The molecule has 0 aromatic carbocycles. The van der Waals surface area contributed by atoms with Gasteiger partial charge >= 0.3 is 0 Å². The molecular formula is C7H5BrIN3. The van der Waals surface area contributed by atoms with Crippen LogP contribution in [-0.2, 0) is 0 Å². The number of rotatable bonds is 0. The number of halogens is 2. The van der Waals surface area contributed by atoms with Gasteiger partial charge in [0.15, 0.2) is 5.65 Å². The summed E-state index contributed by atoms with van der Waals surface area (Å²) in [6.45, 7) is 1.93. The van der Waals surface area contributed by atoms with Crippen LogP contribution in [0.5, 0.6) is 0 Å². The third kappa shape index (κ3) is 1.24. The molecule has 2 aromatic rings. The van der Waals surface area contributed by atoms with E-state index in [9.17, 15) is 0 Å². The van der Waals surface area contributed by atoms with Gasteiger partial charge in [0.25, 0.3) is 0 Å². The van der Waals surface area contributed by atoms with Gasteiger partial charge in [0.2, 0.25) is 0 Å². The Morgan fingerprint density at radius 3 is 3.00 bits per heavy atom. The van der Waals surface area contributed by atoms with Gasteiger partial charge in [-0.05, 0) is 51.5 Å². The molecule has 0 spiro atoms. The molecule has 0 saturated carbocycles. The van der Waals surface area contributed by atoms with E-state index in [-0.39, 0.29) is 0 Å². The molecule has 0 aliphatic heterocycles. The van der Waals surface area contributed by atoms with E-state index in [1.54, 1.807) is 0 Å². The highest BCUT2D eigenvalue weighted by Crippen LogP contribution is 2.18. The fourth-order valence-electron chi connectivity index (χ4n) is 1.03. The van der Waals surface area contributed by atoms with Gasteiger partial charge in [0, 0.05) is 10.7 Å². The number of hydrogen-bond donors (Lipinski definition) is 0. The summed E-state index contributed by atoms with van der Waals surface area (Å²) in [6.07, 6.45) is 1.97. The second-order valence-corrected chi connectivity index (χ2v) is 4.52. The molecule has 2 heterocycles. The maximum absolute atomic E-state index is 4.04. The lowest BCUT2D eigenvalue weighted by Gasteiger charge is -1.97. The van der Waals surface area contributed by atoms with Crippen LogP contribution in [0.15, 0.2) is 16.7 Å². The predicted octanol–water partition coefficient (Wildman–Crippen LogP) is 2.40. The predicted molar refractivity (Wildman–Crippen MR) is 58.1 cm³/mol. The Balaban J connectivity index is 2.92. The molecule has 0 unspecified atom stereocenters. The lowest BCUT2D eigenvalue weighted by Crippen LogP contribution is -1.89. The zero-order chi connectivity index (χ0) is 8.72. The standard InChI is InChI=1S/C7H5BrIN3/c1-4-10-11-7-6(9)2-5(8)3-12(4)7/h2-3H,1H3. The van der Waals surface area contributed by atoms with Crippen molar-refractivity contribution < 1.29 is 0 Å². The minimum atomic E-state index is 0.907. The lowest BCUT2D eigenvalue weighted by atomic mass is 10.5. The molecule has 2 aromatic heterocycles. The zero-order valence-electron chi connectivity index (χ0n) is 6.25. The molecule has 0 radical (unpaired) electrons. The average Bonchev–Trinajstić information content (AvgIpc) is 2.33. The first kappa shape index (κ1) is 8.43. The molecule has 0 N–H and O–H groups in total. The van der Waals surface area contributed by atoms with E-state index in [2.05, 4.69) is 48.7 Å². The van der Waals surface area contributed by atoms with Crippen molar-refractivity contribution in [1.82, 2.24) is 14.6 Å². The number of fused-ring (bicyclic) bond motifs is 1. The molecule has 0 amide bonds.